The Labute approximate surface area is 149 Å². The van der Waals surface area contributed by atoms with Crippen molar-refractivity contribution >= 4 is 34.5 Å². The van der Waals surface area contributed by atoms with Crippen molar-refractivity contribution < 1.29 is 27.8 Å². The van der Waals surface area contributed by atoms with Crippen molar-refractivity contribution in [1.29, 1.82) is 0 Å². The van der Waals surface area contributed by atoms with E-state index in [1.54, 1.807) is 0 Å². The fraction of sp³-hybridized carbons (Fsp3) is 0.0714. The molecule has 0 radical (unpaired) electrons. The number of phenolic OH excluding ortho intramolecular Hbond substituents is 1. The van der Waals surface area contributed by atoms with Gasteiger partial charge < -0.3 is 16.6 Å². The number of nitrogens with zero attached hydrogens (tertiary/aromatic N) is 2. The van der Waals surface area contributed by atoms with Crippen molar-refractivity contribution in [2.24, 2.45) is 11.5 Å². The van der Waals surface area contributed by atoms with Gasteiger partial charge in [-0.2, -0.15) is 4.21 Å². The molecule has 2 aromatic rings. The number of non-ortho nitro benzene ring substituents is 1. The Morgan fingerprint density at radius 3 is 2.46 bits per heavy atom. The molecule has 0 aliphatic carbocycles. The van der Waals surface area contributed by atoms with Gasteiger partial charge in [-0.15, -0.1) is 0 Å². The van der Waals surface area contributed by atoms with Crippen LogP contribution in [-0.4, -0.2) is 24.8 Å². The smallest absolute Gasteiger partial charge is 0.324 e. The standard InChI is InChI=1S/C14H14N4O7S/c15-13(25-26(23)24)9-3-1-2-4-10(9)17(14(16)20)11-6-5-8(18(21)22)7-12(11)19/h1-7,13,19H,15H2,(H2,16,20)(H,23,24). The lowest BCUT2D eigenvalue weighted by molar-refractivity contribution is -0.384. The number of benzene rings is 2. The number of aromatic hydroxyl groups is 1. The molecule has 0 aromatic heterocycles. The van der Waals surface area contributed by atoms with Crippen LogP contribution < -0.4 is 16.4 Å². The van der Waals surface area contributed by atoms with Crippen LogP contribution in [0.4, 0.5) is 21.9 Å². The van der Waals surface area contributed by atoms with Crippen LogP contribution in [-0.2, 0) is 15.5 Å². The maximum atomic E-state index is 12.0. The highest BCUT2D eigenvalue weighted by atomic mass is 32.2. The van der Waals surface area contributed by atoms with Crippen molar-refractivity contribution in [2.75, 3.05) is 4.90 Å². The van der Waals surface area contributed by atoms with Crippen LogP contribution in [0.1, 0.15) is 11.8 Å². The zero-order chi connectivity index (χ0) is 19.4. The predicted molar refractivity (Wildman–Crippen MR) is 91.7 cm³/mol. The summed E-state index contributed by atoms with van der Waals surface area (Å²) in [5, 5.41) is 20.9. The Morgan fingerprint density at radius 1 is 1.27 bits per heavy atom. The molecule has 0 aliphatic rings. The largest absolute Gasteiger partial charge is 0.505 e. The number of amides is 2. The van der Waals surface area contributed by atoms with E-state index in [2.05, 4.69) is 4.18 Å². The Balaban J connectivity index is 2.58. The van der Waals surface area contributed by atoms with Crippen molar-refractivity contribution in [2.45, 2.75) is 6.23 Å². The second-order valence-electron chi connectivity index (χ2n) is 4.90. The van der Waals surface area contributed by atoms with Crippen LogP contribution in [0.15, 0.2) is 42.5 Å². The normalized spacial score (nSPS) is 13.0. The number of hydrogen-bond donors (Lipinski definition) is 4. The van der Waals surface area contributed by atoms with E-state index in [0.29, 0.717) is 0 Å². The average molecular weight is 382 g/mol. The molecular weight excluding hydrogens is 368 g/mol. The number of urea groups is 1. The first kappa shape index (κ1) is 19.3. The molecule has 138 valence electrons. The maximum absolute atomic E-state index is 12.0. The third-order valence-electron chi connectivity index (χ3n) is 3.30. The highest BCUT2D eigenvalue weighted by molar-refractivity contribution is 7.74. The van der Waals surface area contributed by atoms with Crippen molar-refractivity contribution in [3.05, 3.63) is 58.1 Å². The van der Waals surface area contributed by atoms with Crippen LogP contribution >= 0.6 is 0 Å². The van der Waals surface area contributed by atoms with E-state index in [0.717, 1.165) is 23.1 Å². The summed E-state index contributed by atoms with van der Waals surface area (Å²) in [4.78, 5) is 22.9. The molecule has 26 heavy (non-hydrogen) atoms. The molecular formula is C14H14N4O7S. The zero-order valence-corrected chi connectivity index (χ0v) is 13.8. The third-order valence-corrected chi connectivity index (χ3v) is 3.67. The first-order valence-corrected chi connectivity index (χ1v) is 7.95. The molecule has 2 atom stereocenters. The number of phenols is 1. The number of anilines is 2. The Hall–Kier alpha value is -3.06. The number of carbonyl (C=O) groups excluding carboxylic acids is 1. The van der Waals surface area contributed by atoms with E-state index in [1.165, 1.54) is 24.3 Å². The van der Waals surface area contributed by atoms with E-state index in [9.17, 15) is 24.2 Å². The van der Waals surface area contributed by atoms with Gasteiger partial charge in [0, 0.05) is 11.6 Å². The quantitative estimate of drug-likeness (QED) is 0.251. The van der Waals surface area contributed by atoms with Gasteiger partial charge in [0.15, 0.2) is 6.23 Å². The van der Waals surface area contributed by atoms with Crippen molar-refractivity contribution in [1.82, 2.24) is 0 Å². The number of para-hydroxylation sites is 1. The van der Waals surface area contributed by atoms with Crippen molar-refractivity contribution in [3.63, 3.8) is 0 Å². The number of nitrogens with two attached hydrogens (primary N) is 2. The topological polar surface area (TPSA) is 182 Å². The summed E-state index contributed by atoms with van der Waals surface area (Å²) < 4.78 is 24.2. The van der Waals surface area contributed by atoms with E-state index in [-0.39, 0.29) is 22.6 Å². The highest BCUT2D eigenvalue weighted by Crippen LogP contribution is 2.38. The molecule has 6 N–H and O–H groups in total. The first-order valence-electron chi connectivity index (χ1n) is 6.91. The molecule has 2 amide bonds. The van der Waals surface area contributed by atoms with E-state index < -0.39 is 34.3 Å². The molecule has 2 aromatic carbocycles. The lowest BCUT2D eigenvalue weighted by Crippen LogP contribution is -2.33. The minimum Gasteiger partial charge on any atom is -0.505 e. The van der Waals surface area contributed by atoms with Crippen LogP contribution in [0, 0.1) is 10.1 Å². The van der Waals surface area contributed by atoms with Crippen LogP contribution in [0.5, 0.6) is 5.75 Å². The molecule has 11 nitrogen and oxygen atoms in total. The van der Waals surface area contributed by atoms with Crippen LogP contribution in [0.25, 0.3) is 0 Å². The molecule has 0 spiro atoms. The van der Waals surface area contributed by atoms with Gasteiger partial charge in [0.05, 0.1) is 22.4 Å². The average Bonchev–Trinajstić information content (AvgIpc) is 2.55. The van der Waals surface area contributed by atoms with Gasteiger partial charge in [-0.1, -0.05) is 18.2 Å². The minimum absolute atomic E-state index is 0.0575. The van der Waals surface area contributed by atoms with Crippen LogP contribution in [0.2, 0.25) is 0 Å². The molecule has 2 unspecified atom stereocenters. The Morgan fingerprint density at radius 2 is 1.92 bits per heavy atom. The summed E-state index contributed by atoms with van der Waals surface area (Å²) in [6, 6.07) is 7.93. The summed E-state index contributed by atoms with van der Waals surface area (Å²) in [5.74, 6) is -0.576. The molecule has 0 fully saturated rings. The Bertz CT molecular complexity index is 876. The summed E-state index contributed by atoms with van der Waals surface area (Å²) in [5.41, 5.74) is 10.7. The number of primary amides is 1. The summed E-state index contributed by atoms with van der Waals surface area (Å²) in [6.07, 6.45) is -1.39. The summed E-state index contributed by atoms with van der Waals surface area (Å²) in [7, 11) is 0. The zero-order valence-electron chi connectivity index (χ0n) is 13.0. The van der Waals surface area contributed by atoms with E-state index in [1.807, 2.05) is 0 Å². The molecule has 0 saturated heterocycles. The summed E-state index contributed by atoms with van der Waals surface area (Å²) in [6.45, 7) is 0. The third kappa shape index (κ3) is 4.12. The van der Waals surface area contributed by atoms with Gasteiger partial charge in [0.25, 0.3) is 5.69 Å². The minimum atomic E-state index is -2.67. The molecule has 0 bridgehead atoms. The fourth-order valence-electron chi connectivity index (χ4n) is 2.25. The number of rotatable bonds is 6. The number of nitro benzene ring substituents is 1. The van der Waals surface area contributed by atoms with Crippen molar-refractivity contribution in [3.8, 4) is 5.75 Å². The maximum Gasteiger partial charge on any atom is 0.324 e. The number of carbonyl (C=O) groups is 1. The van der Waals surface area contributed by atoms with Gasteiger partial charge >= 0.3 is 17.4 Å². The first-order chi connectivity index (χ1) is 12.2. The van der Waals surface area contributed by atoms with Gasteiger partial charge in [-0.05, 0) is 12.1 Å². The van der Waals surface area contributed by atoms with Crippen LogP contribution in [0.3, 0.4) is 0 Å². The van der Waals surface area contributed by atoms with Gasteiger partial charge in [0.2, 0.25) is 0 Å². The molecule has 0 saturated carbocycles. The highest BCUT2D eigenvalue weighted by Gasteiger charge is 2.25. The van der Waals surface area contributed by atoms with Gasteiger partial charge in [0.1, 0.15) is 5.75 Å². The fourth-order valence-corrected chi connectivity index (χ4v) is 2.53. The predicted octanol–water partition coefficient (Wildman–Crippen LogP) is 1.63. The number of hydrogen-bond acceptors (Lipinski definition) is 7. The van der Waals surface area contributed by atoms with Gasteiger partial charge in [-0.3, -0.25) is 19.6 Å². The Kier molecular flexibility index (Phi) is 5.84. The second kappa shape index (κ2) is 7.88. The number of nitro groups is 1. The lowest BCUT2D eigenvalue weighted by atomic mass is 10.1. The van der Waals surface area contributed by atoms with Gasteiger partial charge in [-0.25, -0.2) is 8.98 Å². The van der Waals surface area contributed by atoms with E-state index in [4.69, 9.17) is 16.0 Å². The monoisotopic (exact) mass is 382 g/mol. The molecule has 0 aliphatic heterocycles. The molecule has 2 rings (SSSR count). The molecule has 0 heterocycles. The summed E-state index contributed by atoms with van der Waals surface area (Å²) >= 11 is -2.67. The molecule has 12 heteroatoms. The SMILES string of the molecule is NC(=O)N(c1ccc([N+](=O)[O-])cc1O)c1ccccc1C(N)OS(=O)O. The lowest BCUT2D eigenvalue weighted by Gasteiger charge is -2.25. The second-order valence-corrected chi connectivity index (χ2v) is 5.52. The van der Waals surface area contributed by atoms with E-state index >= 15 is 0 Å².